The van der Waals surface area contributed by atoms with Crippen LogP contribution in [0.1, 0.15) is 43.7 Å². The third kappa shape index (κ3) is 5.97. The minimum absolute atomic E-state index is 0.0309. The van der Waals surface area contributed by atoms with Gasteiger partial charge in [-0.1, -0.05) is 78.4 Å². The third-order valence-corrected chi connectivity index (χ3v) is 9.60. The molecule has 4 aliphatic heterocycles. The molecular formula is C35H38ClN3O7. The number of hydrogen-bond donors (Lipinski definition) is 2. The van der Waals surface area contributed by atoms with E-state index < -0.39 is 47.5 Å². The van der Waals surface area contributed by atoms with Crippen molar-refractivity contribution in [2.75, 3.05) is 31.2 Å². The van der Waals surface area contributed by atoms with Crippen molar-refractivity contribution in [3.63, 3.8) is 0 Å². The first-order valence-electron chi connectivity index (χ1n) is 15.9. The van der Waals surface area contributed by atoms with Gasteiger partial charge in [-0.15, -0.1) is 0 Å². The summed E-state index contributed by atoms with van der Waals surface area (Å²) in [6.45, 7) is 0.352. The van der Waals surface area contributed by atoms with Crippen LogP contribution in [0.5, 0.6) is 0 Å². The molecule has 5 bridgehead atoms. The van der Waals surface area contributed by atoms with Gasteiger partial charge in [-0.25, -0.2) is 0 Å². The minimum atomic E-state index is -1.36. The zero-order valence-corrected chi connectivity index (χ0v) is 26.2. The maximum absolute atomic E-state index is 14.8. The number of unbranched alkanes of at least 4 members (excludes halogenated alkanes) is 2. The Balaban J connectivity index is 1.42. The summed E-state index contributed by atoms with van der Waals surface area (Å²) >= 11 is 6.61. The summed E-state index contributed by atoms with van der Waals surface area (Å²) in [6, 6.07) is 14.5. The normalized spacial score (nSPS) is 30.3. The van der Waals surface area contributed by atoms with E-state index in [1.165, 1.54) is 4.90 Å². The molecule has 11 heteroatoms. The highest BCUT2D eigenvalue weighted by molar-refractivity contribution is 6.34. The first-order chi connectivity index (χ1) is 22.4. The van der Waals surface area contributed by atoms with Gasteiger partial charge in [0, 0.05) is 26.1 Å². The number of amides is 3. The fourth-order valence-corrected chi connectivity index (χ4v) is 7.34. The van der Waals surface area contributed by atoms with Gasteiger partial charge in [0.05, 0.1) is 34.7 Å². The molecule has 0 unspecified atom stereocenters. The molecule has 2 fully saturated rings. The lowest BCUT2D eigenvalue weighted by molar-refractivity contribution is -0.145. The van der Waals surface area contributed by atoms with Crippen LogP contribution in [-0.2, 0) is 28.7 Å². The Labute approximate surface area is 273 Å². The molecule has 0 aliphatic carbocycles. The van der Waals surface area contributed by atoms with Crippen molar-refractivity contribution in [3.05, 3.63) is 89.5 Å². The minimum Gasteiger partial charge on any atom is -0.463 e. The SMILES string of the molecule is O=C1CC/C=C\CN(c2ccccc2Cl)C(=O)[C@H]2N(CCCCCO)C(=O)[C@@H]3[C@@H](C(=O)N[C@@H](c4ccccc4)CO1)[C@H]1C=C[C@]32O1. The van der Waals surface area contributed by atoms with E-state index in [9.17, 15) is 24.3 Å². The van der Waals surface area contributed by atoms with Gasteiger partial charge >= 0.3 is 5.97 Å². The summed E-state index contributed by atoms with van der Waals surface area (Å²) in [4.78, 5) is 59.1. The number of benzene rings is 2. The van der Waals surface area contributed by atoms with Gasteiger partial charge < -0.3 is 29.7 Å². The summed E-state index contributed by atoms with van der Waals surface area (Å²) < 4.78 is 12.1. The van der Waals surface area contributed by atoms with Crippen LogP contribution in [0.25, 0.3) is 0 Å². The number of likely N-dealkylation sites (tertiary alicyclic amines) is 1. The van der Waals surface area contributed by atoms with E-state index in [2.05, 4.69) is 5.32 Å². The number of carbonyl (C=O) groups excluding carboxylic acids is 4. The lowest BCUT2D eigenvalue weighted by Crippen LogP contribution is -2.56. The first-order valence-corrected chi connectivity index (χ1v) is 16.2. The van der Waals surface area contributed by atoms with Gasteiger partial charge in [-0.3, -0.25) is 19.2 Å². The van der Waals surface area contributed by atoms with E-state index in [-0.39, 0.29) is 44.5 Å². The highest BCUT2D eigenvalue weighted by atomic mass is 35.5. The molecule has 242 valence electrons. The van der Waals surface area contributed by atoms with E-state index in [4.69, 9.17) is 21.1 Å². The number of rotatable bonds is 7. The second-order valence-corrected chi connectivity index (χ2v) is 12.5. The number of ether oxygens (including phenoxy) is 2. The molecular weight excluding hydrogens is 610 g/mol. The van der Waals surface area contributed by atoms with Crippen molar-refractivity contribution in [3.8, 4) is 0 Å². The van der Waals surface area contributed by atoms with E-state index in [0.29, 0.717) is 36.4 Å². The molecule has 0 radical (unpaired) electrons. The molecule has 2 aromatic carbocycles. The Morgan fingerprint density at radius 2 is 1.74 bits per heavy atom. The van der Waals surface area contributed by atoms with Gasteiger partial charge in [-0.2, -0.15) is 0 Å². The second kappa shape index (κ2) is 13.8. The number of aliphatic hydroxyl groups excluding tert-OH is 1. The number of para-hydroxylation sites is 1. The first kappa shape index (κ1) is 32.0. The van der Waals surface area contributed by atoms with Crippen molar-refractivity contribution < 1.29 is 33.8 Å². The number of anilines is 1. The number of allylic oxidation sites excluding steroid dienone is 1. The summed E-state index contributed by atoms with van der Waals surface area (Å²) in [6.07, 6.45) is 8.76. The van der Waals surface area contributed by atoms with Crippen LogP contribution in [0.15, 0.2) is 78.9 Å². The predicted octanol–water partition coefficient (Wildman–Crippen LogP) is 3.74. The summed E-state index contributed by atoms with van der Waals surface area (Å²) in [5.74, 6) is -3.38. The van der Waals surface area contributed by atoms with E-state index in [1.54, 1.807) is 47.4 Å². The zero-order valence-electron chi connectivity index (χ0n) is 25.4. The van der Waals surface area contributed by atoms with Crippen LogP contribution in [0, 0.1) is 11.8 Å². The Kier molecular flexibility index (Phi) is 9.58. The van der Waals surface area contributed by atoms with Gasteiger partial charge in [0.25, 0.3) is 5.91 Å². The second-order valence-electron chi connectivity index (χ2n) is 12.1. The van der Waals surface area contributed by atoms with Crippen LogP contribution >= 0.6 is 11.6 Å². The quantitative estimate of drug-likeness (QED) is 0.267. The number of nitrogens with one attached hydrogen (secondary N) is 1. The number of nitrogens with zero attached hydrogens (tertiary/aromatic N) is 2. The smallest absolute Gasteiger partial charge is 0.306 e. The van der Waals surface area contributed by atoms with Crippen molar-refractivity contribution in [1.29, 1.82) is 0 Å². The molecule has 2 saturated heterocycles. The average Bonchev–Trinajstić information content (AvgIpc) is 3.70. The van der Waals surface area contributed by atoms with Crippen molar-refractivity contribution >= 4 is 41.0 Å². The highest BCUT2D eigenvalue weighted by Crippen LogP contribution is 2.55. The van der Waals surface area contributed by atoms with Crippen LogP contribution in [0.3, 0.4) is 0 Å². The van der Waals surface area contributed by atoms with Gasteiger partial charge in [0.15, 0.2) is 0 Å². The monoisotopic (exact) mass is 647 g/mol. The molecule has 2 aromatic rings. The Bertz CT molecular complexity index is 1530. The number of aliphatic hydroxyl groups is 1. The van der Waals surface area contributed by atoms with E-state index in [1.807, 2.05) is 36.4 Å². The lowest BCUT2D eigenvalue weighted by atomic mass is 9.74. The van der Waals surface area contributed by atoms with E-state index in [0.717, 1.165) is 5.56 Å². The molecule has 1 spiro atoms. The summed E-state index contributed by atoms with van der Waals surface area (Å²) in [5, 5.41) is 12.7. The molecule has 6 rings (SSSR count). The predicted molar refractivity (Wildman–Crippen MR) is 171 cm³/mol. The number of halogens is 1. The Morgan fingerprint density at radius 1 is 0.957 bits per heavy atom. The Hall–Kier alpha value is -3.99. The largest absolute Gasteiger partial charge is 0.463 e. The van der Waals surface area contributed by atoms with Gasteiger partial charge in [0.1, 0.15) is 18.2 Å². The van der Waals surface area contributed by atoms with Crippen molar-refractivity contribution in [2.24, 2.45) is 11.8 Å². The number of carbonyl (C=O) groups is 4. The van der Waals surface area contributed by atoms with E-state index >= 15 is 0 Å². The third-order valence-electron chi connectivity index (χ3n) is 9.28. The van der Waals surface area contributed by atoms with Gasteiger partial charge in [-0.05, 0) is 43.4 Å². The van der Waals surface area contributed by atoms with Crippen LogP contribution in [-0.4, -0.2) is 77.7 Å². The fraction of sp³-hybridized carbons (Fsp3) is 0.429. The van der Waals surface area contributed by atoms with Crippen molar-refractivity contribution in [1.82, 2.24) is 10.2 Å². The summed E-state index contributed by atoms with van der Waals surface area (Å²) in [7, 11) is 0. The molecule has 4 heterocycles. The zero-order chi connectivity index (χ0) is 32.3. The molecule has 0 aromatic heterocycles. The Morgan fingerprint density at radius 3 is 2.52 bits per heavy atom. The molecule has 10 nitrogen and oxygen atoms in total. The maximum Gasteiger partial charge on any atom is 0.306 e. The van der Waals surface area contributed by atoms with Crippen LogP contribution in [0.4, 0.5) is 5.69 Å². The lowest BCUT2D eigenvalue weighted by Gasteiger charge is -2.36. The number of fused-ring (bicyclic) bond motifs is 2. The molecule has 46 heavy (non-hydrogen) atoms. The van der Waals surface area contributed by atoms with Crippen LogP contribution < -0.4 is 10.2 Å². The fourth-order valence-electron chi connectivity index (χ4n) is 7.11. The topological polar surface area (TPSA) is 125 Å². The molecule has 6 atom stereocenters. The summed E-state index contributed by atoms with van der Waals surface area (Å²) in [5.41, 5.74) is -0.133. The van der Waals surface area contributed by atoms with Gasteiger partial charge in [0.2, 0.25) is 11.8 Å². The van der Waals surface area contributed by atoms with Crippen LogP contribution in [0.2, 0.25) is 5.02 Å². The number of cyclic esters (lactones) is 1. The number of esters is 1. The highest BCUT2D eigenvalue weighted by Gasteiger charge is 2.73. The van der Waals surface area contributed by atoms with Crippen molar-refractivity contribution in [2.45, 2.75) is 55.9 Å². The number of hydrogen-bond acceptors (Lipinski definition) is 7. The molecule has 4 aliphatic rings. The molecule has 3 amide bonds. The standard InChI is InChI=1S/C35H38ClN3O7/c36-24-14-7-8-15-26(24)38-19-9-2-6-16-28(41)45-22-25(23-12-4-1-5-13-23)37-32(42)29-27-17-18-35(46-27)30(29)33(43)39(31(35)34(38)44)20-10-3-11-21-40/h1-2,4-5,7-9,12-15,17-18,25,27,29-31,40H,3,6,10-11,16,19-22H2,(H,37,42)/b9-2-/t25-,27-,29+,30+,31-,35+/m1/s1. The molecule has 2 N–H and O–H groups in total. The molecule has 0 saturated carbocycles. The maximum atomic E-state index is 14.8. The average molecular weight is 648 g/mol.